The van der Waals surface area contributed by atoms with Gasteiger partial charge in [0.1, 0.15) is 5.60 Å². The third-order valence-electron chi connectivity index (χ3n) is 1.88. The summed E-state index contributed by atoms with van der Waals surface area (Å²) in [6, 6.07) is 9.37. The van der Waals surface area contributed by atoms with Gasteiger partial charge < -0.3 is 10.1 Å². The van der Waals surface area contributed by atoms with E-state index in [1.54, 1.807) is 20.8 Å². The van der Waals surface area contributed by atoms with Crippen LogP contribution in [0.15, 0.2) is 30.3 Å². The summed E-state index contributed by atoms with van der Waals surface area (Å²) in [6.45, 7) is 5.47. The lowest BCUT2D eigenvalue weighted by atomic mass is 10.2. The molecule has 1 rings (SSSR count). The van der Waals surface area contributed by atoms with E-state index in [9.17, 15) is 9.59 Å². The summed E-state index contributed by atoms with van der Waals surface area (Å²) in [5.41, 5.74) is 0.283. The third kappa shape index (κ3) is 5.15. The number of hydrogen-bond acceptors (Lipinski definition) is 3. The quantitative estimate of drug-likeness (QED) is 0.626. The molecular weight excluding hydrogens is 218 g/mol. The van der Waals surface area contributed by atoms with Crippen molar-refractivity contribution in [3.8, 4) is 0 Å². The van der Waals surface area contributed by atoms with Crippen molar-refractivity contribution >= 4 is 11.9 Å². The Kier molecular flexibility index (Phi) is 4.26. The fourth-order valence-electron chi connectivity index (χ4n) is 1.17. The van der Waals surface area contributed by atoms with Gasteiger partial charge >= 0.3 is 11.9 Å². The molecule has 0 fully saturated rings. The van der Waals surface area contributed by atoms with Gasteiger partial charge in [0.05, 0.1) is 0 Å². The number of esters is 1. The van der Waals surface area contributed by atoms with Crippen molar-refractivity contribution < 1.29 is 14.3 Å². The minimum Gasteiger partial charge on any atom is -0.453 e. The van der Waals surface area contributed by atoms with Crippen LogP contribution in [0.5, 0.6) is 0 Å². The molecule has 0 aliphatic rings. The SMILES string of the molecule is CC(C)(C)OC(=O)C(=O)NCc1ccccc1. The Bertz CT molecular complexity index is 393. The van der Waals surface area contributed by atoms with Gasteiger partial charge in [-0.2, -0.15) is 0 Å². The maximum Gasteiger partial charge on any atom is 0.397 e. The fourth-order valence-corrected chi connectivity index (χ4v) is 1.17. The second-order valence-electron chi connectivity index (χ2n) is 4.67. The number of amides is 1. The Labute approximate surface area is 101 Å². The molecule has 17 heavy (non-hydrogen) atoms. The Morgan fingerprint density at radius 1 is 1.18 bits per heavy atom. The largest absolute Gasteiger partial charge is 0.453 e. The van der Waals surface area contributed by atoms with Gasteiger partial charge in [-0.3, -0.25) is 4.79 Å². The van der Waals surface area contributed by atoms with Crippen molar-refractivity contribution in [2.24, 2.45) is 0 Å². The molecule has 0 spiro atoms. The molecule has 1 aromatic carbocycles. The lowest BCUT2D eigenvalue weighted by Gasteiger charge is -2.18. The van der Waals surface area contributed by atoms with Gasteiger partial charge in [-0.05, 0) is 26.3 Å². The van der Waals surface area contributed by atoms with Gasteiger partial charge in [0.15, 0.2) is 0 Å². The molecule has 0 unspecified atom stereocenters. The first-order valence-electron chi connectivity index (χ1n) is 5.43. The third-order valence-corrected chi connectivity index (χ3v) is 1.88. The molecule has 0 radical (unpaired) electrons. The van der Waals surface area contributed by atoms with Crippen molar-refractivity contribution in [1.82, 2.24) is 5.32 Å². The summed E-state index contributed by atoms with van der Waals surface area (Å²) in [5, 5.41) is 2.51. The van der Waals surface area contributed by atoms with Crippen LogP contribution < -0.4 is 5.32 Å². The van der Waals surface area contributed by atoms with Gasteiger partial charge in [0.2, 0.25) is 0 Å². The maximum absolute atomic E-state index is 11.4. The van der Waals surface area contributed by atoms with E-state index in [2.05, 4.69) is 5.32 Å². The molecule has 4 nitrogen and oxygen atoms in total. The standard InChI is InChI=1S/C13H17NO3/c1-13(2,3)17-12(16)11(15)14-9-10-7-5-4-6-8-10/h4-8H,9H2,1-3H3,(H,14,15). The van der Waals surface area contributed by atoms with Crippen molar-refractivity contribution in [3.63, 3.8) is 0 Å². The summed E-state index contributed by atoms with van der Waals surface area (Å²) in [4.78, 5) is 22.8. The first-order valence-corrected chi connectivity index (χ1v) is 5.43. The average Bonchev–Trinajstić information content (AvgIpc) is 2.25. The average molecular weight is 235 g/mol. The number of carbonyl (C=O) groups is 2. The van der Waals surface area contributed by atoms with E-state index in [4.69, 9.17) is 4.74 Å². The first kappa shape index (κ1) is 13.2. The molecule has 0 bridgehead atoms. The lowest BCUT2D eigenvalue weighted by molar-refractivity contribution is -0.163. The first-order chi connectivity index (χ1) is 7.88. The summed E-state index contributed by atoms with van der Waals surface area (Å²) >= 11 is 0. The van der Waals surface area contributed by atoms with Gasteiger partial charge in [-0.15, -0.1) is 0 Å². The summed E-state index contributed by atoms with van der Waals surface area (Å²) in [5.74, 6) is -1.57. The zero-order valence-corrected chi connectivity index (χ0v) is 10.3. The van der Waals surface area contributed by atoms with Crippen LogP contribution in [0.2, 0.25) is 0 Å². The normalized spacial score (nSPS) is 10.8. The Hall–Kier alpha value is -1.84. The van der Waals surface area contributed by atoms with Crippen molar-refractivity contribution in [2.45, 2.75) is 32.9 Å². The maximum atomic E-state index is 11.4. The Balaban J connectivity index is 2.43. The number of benzene rings is 1. The molecule has 0 aromatic heterocycles. The molecule has 4 heteroatoms. The topological polar surface area (TPSA) is 55.4 Å². The summed E-state index contributed by atoms with van der Waals surface area (Å²) < 4.78 is 4.94. The lowest BCUT2D eigenvalue weighted by Crippen LogP contribution is -2.36. The molecule has 1 amide bonds. The van der Waals surface area contributed by atoms with E-state index in [0.29, 0.717) is 6.54 Å². The van der Waals surface area contributed by atoms with Crippen LogP contribution in [0.4, 0.5) is 0 Å². The highest BCUT2D eigenvalue weighted by atomic mass is 16.6. The molecule has 1 aromatic rings. The monoisotopic (exact) mass is 235 g/mol. The highest BCUT2D eigenvalue weighted by Crippen LogP contribution is 2.06. The summed E-state index contributed by atoms with van der Waals surface area (Å²) in [6.07, 6.45) is 0. The van der Waals surface area contributed by atoms with Crippen molar-refractivity contribution in [3.05, 3.63) is 35.9 Å². The highest BCUT2D eigenvalue weighted by Gasteiger charge is 2.22. The highest BCUT2D eigenvalue weighted by molar-refractivity contribution is 6.32. The minimum atomic E-state index is -0.853. The number of ether oxygens (including phenoxy) is 1. The van der Waals surface area contributed by atoms with Crippen LogP contribution in [-0.4, -0.2) is 17.5 Å². The van der Waals surface area contributed by atoms with Crippen molar-refractivity contribution in [2.75, 3.05) is 0 Å². The van der Waals surface area contributed by atoms with Gasteiger partial charge in [-0.25, -0.2) is 4.79 Å². The van der Waals surface area contributed by atoms with E-state index >= 15 is 0 Å². The van der Waals surface area contributed by atoms with Crippen LogP contribution in [0.1, 0.15) is 26.3 Å². The summed E-state index contributed by atoms with van der Waals surface area (Å²) in [7, 11) is 0. The number of hydrogen-bond donors (Lipinski definition) is 1. The van der Waals surface area contributed by atoms with Gasteiger partial charge in [-0.1, -0.05) is 30.3 Å². The van der Waals surface area contributed by atoms with E-state index in [1.807, 2.05) is 30.3 Å². The molecule has 0 saturated heterocycles. The number of nitrogens with one attached hydrogen (secondary N) is 1. The molecule has 0 aliphatic heterocycles. The van der Waals surface area contributed by atoms with Crippen LogP contribution in [0.3, 0.4) is 0 Å². The smallest absolute Gasteiger partial charge is 0.397 e. The molecule has 1 N–H and O–H groups in total. The predicted octanol–water partition coefficient (Wildman–Crippen LogP) is 1.64. The van der Waals surface area contributed by atoms with E-state index < -0.39 is 17.5 Å². The van der Waals surface area contributed by atoms with Crippen LogP contribution in [0.25, 0.3) is 0 Å². The number of carbonyl (C=O) groups excluding carboxylic acids is 2. The predicted molar refractivity (Wildman–Crippen MR) is 64.1 cm³/mol. The van der Waals surface area contributed by atoms with E-state index in [0.717, 1.165) is 5.56 Å². The number of rotatable bonds is 2. The van der Waals surface area contributed by atoms with Crippen molar-refractivity contribution in [1.29, 1.82) is 0 Å². The van der Waals surface area contributed by atoms with E-state index in [-0.39, 0.29) is 0 Å². The van der Waals surface area contributed by atoms with Crippen LogP contribution in [0, 0.1) is 0 Å². The van der Waals surface area contributed by atoms with Gasteiger partial charge in [0.25, 0.3) is 0 Å². The molecule has 0 heterocycles. The fraction of sp³-hybridized carbons (Fsp3) is 0.385. The van der Waals surface area contributed by atoms with Gasteiger partial charge in [0, 0.05) is 6.54 Å². The second kappa shape index (κ2) is 5.48. The zero-order chi connectivity index (χ0) is 12.9. The minimum absolute atomic E-state index is 0.318. The zero-order valence-electron chi connectivity index (χ0n) is 10.3. The Morgan fingerprint density at radius 2 is 1.76 bits per heavy atom. The molecule has 0 aliphatic carbocycles. The molecule has 92 valence electrons. The second-order valence-corrected chi connectivity index (χ2v) is 4.67. The van der Waals surface area contributed by atoms with Crippen LogP contribution in [-0.2, 0) is 20.9 Å². The molecular formula is C13H17NO3. The Morgan fingerprint density at radius 3 is 2.29 bits per heavy atom. The molecule has 0 saturated carbocycles. The molecule has 0 atom stereocenters. The van der Waals surface area contributed by atoms with E-state index in [1.165, 1.54) is 0 Å². The van der Waals surface area contributed by atoms with Crippen LogP contribution >= 0.6 is 0 Å².